The van der Waals surface area contributed by atoms with E-state index < -0.39 is 17.6 Å². The van der Waals surface area contributed by atoms with Crippen molar-refractivity contribution >= 4 is 17.6 Å². The molecule has 1 fully saturated rings. The number of hydroxylamine groups is 1. The Hall–Kier alpha value is -3.75. The maximum atomic E-state index is 12.8. The molecule has 11 heteroatoms. The Bertz CT molecular complexity index is 1090. The zero-order valence-electron chi connectivity index (χ0n) is 18.6. The number of nitrogens with zero attached hydrogens (tertiary/aromatic N) is 3. The molecule has 11 nitrogen and oxygen atoms in total. The summed E-state index contributed by atoms with van der Waals surface area (Å²) in [6.07, 6.45) is -0.185. The van der Waals surface area contributed by atoms with Crippen molar-refractivity contribution in [2.75, 3.05) is 18.9 Å². The molecule has 1 aliphatic heterocycles. The monoisotopic (exact) mass is 454 g/mol. The van der Waals surface area contributed by atoms with E-state index in [9.17, 15) is 20.0 Å². The fourth-order valence-electron chi connectivity index (χ4n) is 3.17. The molecule has 2 atom stereocenters. The third-order valence-electron chi connectivity index (χ3n) is 4.94. The number of nitriles is 1. The third-order valence-corrected chi connectivity index (χ3v) is 4.94. The number of nitrogens with one attached hydrogen (secondary N) is 2. The van der Waals surface area contributed by atoms with Gasteiger partial charge in [0.1, 0.15) is 24.1 Å². The number of nitrogen functional groups attached to an aromatic ring is 1. The summed E-state index contributed by atoms with van der Waals surface area (Å²) < 4.78 is 5.99. The second kappa shape index (κ2) is 9.81. The van der Waals surface area contributed by atoms with Crippen molar-refractivity contribution in [2.45, 2.75) is 38.9 Å². The van der Waals surface area contributed by atoms with E-state index in [-0.39, 0.29) is 47.9 Å². The van der Waals surface area contributed by atoms with Gasteiger partial charge in [0.2, 0.25) is 11.8 Å². The molecule has 1 aromatic heterocycles. The summed E-state index contributed by atoms with van der Waals surface area (Å²) in [5.41, 5.74) is 7.94. The van der Waals surface area contributed by atoms with E-state index in [1.165, 1.54) is 13.8 Å². The van der Waals surface area contributed by atoms with Crippen molar-refractivity contribution in [3.63, 3.8) is 0 Å². The minimum Gasteiger partial charge on any atom is -0.474 e. The fourth-order valence-corrected chi connectivity index (χ4v) is 3.17. The molecule has 3 rings (SSSR count). The zero-order valence-corrected chi connectivity index (χ0v) is 18.6. The van der Waals surface area contributed by atoms with Gasteiger partial charge >= 0.3 is 0 Å². The average molecular weight is 454 g/mol. The third kappa shape index (κ3) is 6.15. The van der Waals surface area contributed by atoms with Gasteiger partial charge in [0.15, 0.2) is 5.82 Å². The lowest BCUT2D eigenvalue weighted by Gasteiger charge is -2.22. The normalized spacial score (nSPS) is 16.6. The van der Waals surface area contributed by atoms with E-state index in [1.807, 2.05) is 6.07 Å². The molecule has 1 aromatic carbocycles. The van der Waals surface area contributed by atoms with Crippen LogP contribution >= 0.6 is 0 Å². The van der Waals surface area contributed by atoms with Crippen LogP contribution in [0.25, 0.3) is 11.4 Å². The SMILES string of the molecule is C[C@H](Oc1nc(-c2cccc(C#N)c2)nc(N)c1C(=O)NOCC(C)(C)O)[C@@H]1CNC(=O)C1. The standard InChI is InChI=1S/C22H26N6O5/c1-12(15-8-16(29)25-10-15)33-21-17(20(30)28-32-11-22(2,3)31)18(24)26-19(27-21)14-6-4-5-13(7-14)9-23/h4-7,12,15,31H,8,10-11H2,1-3H3,(H,25,29)(H,28,30)(H2,24,26,27)/t12-,15-/m0/s1. The summed E-state index contributed by atoms with van der Waals surface area (Å²) in [5, 5.41) is 21.7. The lowest BCUT2D eigenvalue weighted by molar-refractivity contribution is -0.119. The number of hydrogen-bond acceptors (Lipinski definition) is 9. The topological polar surface area (TPSA) is 172 Å². The highest BCUT2D eigenvalue weighted by Gasteiger charge is 2.31. The van der Waals surface area contributed by atoms with Gasteiger partial charge in [-0.1, -0.05) is 12.1 Å². The maximum absolute atomic E-state index is 12.8. The van der Waals surface area contributed by atoms with Gasteiger partial charge in [-0.05, 0) is 32.9 Å². The summed E-state index contributed by atoms with van der Waals surface area (Å²) in [4.78, 5) is 38.1. The second-order valence-corrected chi connectivity index (χ2v) is 8.43. The number of rotatable bonds is 8. The van der Waals surface area contributed by atoms with E-state index in [1.54, 1.807) is 31.2 Å². The Morgan fingerprint density at radius 2 is 2.21 bits per heavy atom. The Balaban J connectivity index is 1.95. The van der Waals surface area contributed by atoms with Gasteiger partial charge in [-0.3, -0.25) is 14.4 Å². The number of carbonyl (C=O) groups excluding carboxylic acids is 2. The molecule has 2 amide bonds. The van der Waals surface area contributed by atoms with Gasteiger partial charge in [-0.2, -0.15) is 10.2 Å². The molecule has 0 spiro atoms. The van der Waals surface area contributed by atoms with E-state index in [2.05, 4.69) is 20.8 Å². The van der Waals surface area contributed by atoms with Gasteiger partial charge in [0.05, 0.1) is 17.2 Å². The Morgan fingerprint density at radius 1 is 1.45 bits per heavy atom. The summed E-state index contributed by atoms with van der Waals surface area (Å²) in [7, 11) is 0. The van der Waals surface area contributed by atoms with Crippen LogP contribution in [0.4, 0.5) is 5.82 Å². The number of benzene rings is 1. The summed E-state index contributed by atoms with van der Waals surface area (Å²) in [6.45, 7) is 5.09. The van der Waals surface area contributed by atoms with Gasteiger partial charge < -0.3 is 20.9 Å². The summed E-state index contributed by atoms with van der Waals surface area (Å²) >= 11 is 0. The highest BCUT2D eigenvalue weighted by atomic mass is 16.7. The number of nitrogens with two attached hydrogens (primary N) is 1. The number of ether oxygens (including phenoxy) is 1. The van der Waals surface area contributed by atoms with E-state index in [4.69, 9.17) is 15.3 Å². The van der Waals surface area contributed by atoms with Crippen LogP contribution in [0.3, 0.4) is 0 Å². The quantitative estimate of drug-likeness (QED) is 0.423. The highest BCUT2D eigenvalue weighted by molar-refractivity contribution is 6.00. The predicted molar refractivity (Wildman–Crippen MR) is 118 cm³/mol. The Kier molecular flexibility index (Phi) is 7.10. The van der Waals surface area contributed by atoms with Gasteiger partial charge in [-0.15, -0.1) is 0 Å². The summed E-state index contributed by atoms with van der Waals surface area (Å²) in [6, 6.07) is 8.66. The lowest BCUT2D eigenvalue weighted by atomic mass is 10.0. The molecule has 1 aliphatic rings. The van der Waals surface area contributed by atoms with Crippen molar-refractivity contribution in [2.24, 2.45) is 5.92 Å². The molecule has 5 N–H and O–H groups in total. The van der Waals surface area contributed by atoms with Crippen molar-refractivity contribution < 1.29 is 24.3 Å². The van der Waals surface area contributed by atoms with Crippen LogP contribution in [-0.2, 0) is 9.63 Å². The van der Waals surface area contributed by atoms with Crippen LogP contribution in [-0.4, -0.2) is 51.7 Å². The highest BCUT2D eigenvalue weighted by Crippen LogP contribution is 2.29. The van der Waals surface area contributed by atoms with Crippen LogP contribution in [0.1, 0.15) is 43.1 Å². The molecular weight excluding hydrogens is 428 g/mol. The number of anilines is 1. The minimum absolute atomic E-state index is 0.0790. The van der Waals surface area contributed by atoms with Crippen molar-refractivity contribution in [1.82, 2.24) is 20.8 Å². The average Bonchev–Trinajstić information content (AvgIpc) is 3.19. The number of aromatic nitrogens is 2. The smallest absolute Gasteiger partial charge is 0.284 e. The lowest BCUT2D eigenvalue weighted by Crippen LogP contribution is -2.34. The first-order chi connectivity index (χ1) is 15.6. The number of carbonyl (C=O) groups is 2. The fraction of sp³-hybridized carbons (Fsp3) is 0.409. The number of aliphatic hydroxyl groups is 1. The maximum Gasteiger partial charge on any atom is 0.284 e. The van der Waals surface area contributed by atoms with E-state index >= 15 is 0 Å². The molecule has 2 aromatic rings. The molecular formula is C22H26N6O5. The van der Waals surface area contributed by atoms with E-state index in [0.29, 0.717) is 17.7 Å². The van der Waals surface area contributed by atoms with Crippen LogP contribution < -0.4 is 21.3 Å². The molecule has 0 radical (unpaired) electrons. The summed E-state index contributed by atoms with van der Waals surface area (Å²) in [5.74, 6) is -1.03. The Labute approximate surface area is 190 Å². The molecule has 0 aliphatic carbocycles. The number of hydrogen-bond donors (Lipinski definition) is 4. The molecule has 1 saturated heterocycles. The van der Waals surface area contributed by atoms with Crippen LogP contribution in [0.15, 0.2) is 24.3 Å². The first-order valence-electron chi connectivity index (χ1n) is 10.3. The Morgan fingerprint density at radius 3 is 2.85 bits per heavy atom. The first kappa shape index (κ1) is 23.9. The molecule has 33 heavy (non-hydrogen) atoms. The van der Waals surface area contributed by atoms with Crippen molar-refractivity contribution in [3.05, 3.63) is 35.4 Å². The molecule has 0 bridgehead atoms. The van der Waals surface area contributed by atoms with Crippen molar-refractivity contribution in [1.29, 1.82) is 5.26 Å². The molecule has 0 unspecified atom stereocenters. The van der Waals surface area contributed by atoms with E-state index in [0.717, 1.165) is 0 Å². The first-order valence-corrected chi connectivity index (χ1v) is 10.3. The molecule has 2 heterocycles. The largest absolute Gasteiger partial charge is 0.474 e. The second-order valence-electron chi connectivity index (χ2n) is 8.43. The van der Waals surface area contributed by atoms with Gasteiger partial charge in [0, 0.05) is 24.4 Å². The van der Waals surface area contributed by atoms with Crippen LogP contribution in [0, 0.1) is 17.2 Å². The predicted octanol–water partition coefficient (Wildman–Crippen LogP) is 0.933. The van der Waals surface area contributed by atoms with Gasteiger partial charge in [-0.25, -0.2) is 10.5 Å². The number of amides is 2. The van der Waals surface area contributed by atoms with Crippen LogP contribution in [0.5, 0.6) is 5.88 Å². The van der Waals surface area contributed by atoms with Gasteiger partial charge in [0.25, 0.3) is 5.91 Å². The molecule has 0 saturated carbocycles. The molecule has 174 valence electrons. The van der Waals surface area contributed by atoms with Crippen molar-refractivity contribution in [3.8, 4) is 23.3 Å². The minimum atomic E-state index is -1.17. The zero-order chi connectivity index (χ0) is 24.2. The van der Waals surface area contributed by atoms with Crippen LogP contribution in [0.2, 0.25) is 0 Å².